The number of nitrogens with one attached hydrogen (secondary N) is 1. The molecule has 0 aliphatic carbocycles. The molecule has 0 radical (unpaired) electrons. The lowest BCUT2D eigenvalue weighted by molar-refractivity contribution is -0.00361. The van der Waals surface area contributed by atoms with E-state index in [4.69, 9.17) is 4.74 Å². The lowest BCUT2D eigenvalue weighted by Gasteiger charge is -2.35. The molecule has 0 aromatic heterocycles. The van der Waals surface area contributed by atoms with Crippen LogP contribution in [0.5, 0.6) is 0 Å². The molecule has 128 valence electrons. The van der Waals surface area contributed by atoms with Crippen LogP contribution in [0, 0.1) is 5.92 Å². The van der Waals surface area contributed by atoms with Crippen molar-refractivity contribution in [2.24, 2.45) is 5.92 Å². The maximum atomic E-state index is 12.2. The van der Waals surface area contributed by atoms with Gasteiger partial charge in [0.05, 0.1) is 12.7 Å². The Morgan fingerprint density at radius 3 is 2.55 bits per heavy atom. The molecule has 2 rings (SSSR count). The highest BCUT2D eigenvalue weighted by Gasteiger charge is 2.22. The van der Waals surface area contributed by atoms with Crippen LogP contribution in [-0.4, -0.2) is 92.3 Å². The van der Waals surface area contributed by atoms with Crippen LogP contribution in [0.1, 0.15) is 20.8 Å². The first kappa shape index (κ1) is 17.5. The number of likely N-dealkylation sites (N-methyl/N-ethyl adjacent to an activating group) is 1. The Hall–Kier alpha value is -0.850. The van der Waals surface area contributed by atoms with E-state index in [9.17, 15) is 4.79 Å². The molecule has 6 heteroatoms. The number of hydrogen-bond donors (Lipinski definition) is 1. The van der Waals surface area contributed by atoms with Crippen molar-refractivity contribution in [3.8, 4) is 0 Å². The Labute approximate surface area is 134 Å². The first-order valence-corrected chi connectivity index (χ1v) is 8.67. The van der Waals surface area contributed by atoms with E-state index < -0.39 is 0 Å². The second kappa shape index (κ2) is 8.70. The van der Waals surface area contributed by atoms with Gasteiger partial charge in [0.15, 0.2) is 0 Å². The highest BCUT2D eigenvalue weighted by molar-refractivity contribution is 5.74. The Bertz CT molecular complexity index is 345. The van der Waals surface area contributed by atoms with Crippen LogP contribution in [0.4, 0.5) is 4.79 Å². The number of amides is 2. The number of rotatable bonds is 5. The van der Waals surface area contributed by atoms with Crippen LogP contribution in [-0.2, 0) is 4.74 Å². The summed E-state index contributed by atoms with van der Waals surface area (Å²) in [5.41, 5.74) is 0. The minimum absolute atomic E-state index is 0.0535. The zero-order valence-electron chi connectivity index (χ0n) is 14.4. The maximum absolute atomic E-state index is 12.2. The van der Waals surface area contributed by atoms with Crippen LogP contribution >= 0.6 is 0 Å². The van der Waals surface area contributed by atoms with E-state index in [2.05, 4.69) is 29.0 Å². The molecule has 2 aliphatic rings. The molecule has 0 bridgehead atoms. The van der Waals surface area contributed by atoms with E-state index in [-0.39, 0.29) is 12.1 Å². The third kappa shape index (κ3) is 5.41. The summed E-state index contributed by atoms with van der Waals surface area (Å²) in [6.07, 6.45) is 0.145. The zero-order chi connectivity index (χ0) is 15.9. The number of ether oxygens (including phenoxy) is 1. The molecule has 2 fully saturated rings. The van der Waals surface area contributed by atoms with E-state index in [1.54, 1.807) is 0 Å². The van der Waals surface area contributed by atoms with Gasteiger partial charge in [-0.15, -0.1) is 0 Å². The quantitative estimate of drug-likeness (QED) is 0.811. The van der Waals surface area contributed by atoms with Gasteiger partial charge < -0.3 is 24.8 Å². The van der Waals surface area contributed by atoms with Crippen molar-refractivity contribution in [1.82, 2.24) is 20.0 Å². The number of morpholine rings is 1. The lowest BCUT2D eigenvalue weighted by Crippen LogP contribution is -2.51. The molecule has 0 aromatic carbocycles. The molecular weight excluding hydrogens is 280 g/mol. The fourth-order valence-electron chi connectivity index (χ4n) is 3.17. The molecule has 1 N–H and O–H groups in total. The summed E-state index contributed by atoms with van der Waals surface area (Å²) in [5.74, 6) is 0.482. The van der Waals surface area contributed by atoms with Gasteiger partial charge in [0, 0.05) is 52.4 Å². The first-order chi connectivity index (χ1) is 10.6. The average Bonchev–Trinajstić information content (AvgIpc) is 2.53. The zero-order valence-corrected chi connectivity index (χ0v) is 14.4. The highest BCUT2D eigenvalue weighted by Crippen LogP contribution is 2.07. The first-order valence-electron chi connectivity index (χ1n) is 8.67. The average molecular weight is 312 g/mol. The molecular formula is C16H32N4O2. The normalized spacial score (nSPS) is 26.0. The van der Waals surface area contributed by atoms with Crippen LogP contribution in [0.2, 0.25) is 0 Å². The number of carbonyl (C=O) groups is 1. The van der Waals surface area contributed by atoms with Crippen LogP contribution < -0.4 is 5.32 Å². The Morgan fingerprint density at radius 2 is 1.91 bits per heavy atom. The molecule has 2 saturated heterocycles. The molecule has 0 spiro atoms. The van der Waals surface area contributed by atoms with Crippen LogP contribution in [0.25, 0.3) is 0 Å². The van der Waals surface area contributed by atoms with E-state index in [0.717, 1.165) is 32.7 Å². The van der Waals surface area contributed by atoms with Gasteiger partial charge in [-0.05, 0) is 19.4 Å². The smallest absolute Gasteiger partial charge is 0.317 e. The predicted octanol–water partition coefficient (Wildman–Crippen LogP) is 0.690. The van der Waals surface area contributed by atoms with Gasteiger partial charge in [0.2, 0.25) is 0 Å². The van der Waals surface area contributed by atoms with Crippen molar-refractivity contribution in [3.05, 3.63) is 0 Å². The van der Waals surface area contributed by atoms with E-state index in [1.807, 2.05) is 11.8 Å². The van der Waals surface area contributed by atoms with Crippen LogP contribution in [0.15, 0.2) is 0 Å². The van der Waals surface area contributed by atoms with Crippen molar-refractivity contribution in [2.75, 3.05) is 65.5 Å². The Kier molecular flexibility index (Phi) is 6.92. The summed E-state index contributed by atoms with van der Waals surface area (Å²) < 4.78 is 5.47. The molecule has 2 atom stereocenters. The SMILES string of the molecule is CCN1CCN(C[C@H](C)CNC(=O)N2CCO[C@@H](C)C2)CC1. The van der Waals surface area contributed by atoms with Gasteiger partial charge in [-0.1, -0.05) is 13.8 Å². The minimum Gasteiger partial charge on any atom is -0.375 e. The monoisotopic (exact) mass is 312 g/mol. The summed E-state index contributed by atoms with van der Waals surface area (Å²) in [5, 5.41) is 3.08. The number of urea groups is 1. The van der Waals surface area contributed by atoms with Gasteiger partial charge in [0.1, 0.15) is 0 Å². The topological polar surface area (TPSA) is 48.0 Å². The van der Waals surface area contributed by atoms with E-state index in [1.165, 1.54) is 13.1 Å². The van der Waals surface area contributed by atoms with Crippen molar-refractivity contribution >= 4 is 6.03 Å². The lowest BCUT2D eigenvalue weighted by atomic mass is 10.1. The van der Waals surface area contributed by atoms with Crippen molar-refractivity contribution < 1.29 is 9.53 Å². The van der Waals surface area contributed by atoms with Gasteiger partial charge >= 0.3 is 6.03 Å². The number of carbonyl (C=O) groups excluding carboxylic acids is 1. The number of hydrogen-bond acceptors (Lipinski definition) is 4. The summed E-state index contributed by atoms with van der Waals surface area (Å²) in [6.45, 7) is 16.1. The van der Waals surface area contributed by atoms with Gasteiger partial charge in [-0.3, -0.25) is 0 Å². The summed E-state index contributed by atoms with van der Waals surface area (Å²) in [6, 6.07) is 0.0535. The maximum Gasteiger partial charge on any atom is 0.317 e. The minimum atomic E-state index is 0.0535. The fraction of sp³-hybridized carbons (Fsp3) is 0.938. The van der Waals surface area contributed by atoms with E-state index >= 15 is 0 Å². The third-order valence-electron chi connectivity index (χ3n) is 4.61. The standard InChI is InChI=1S/C16H32N4O2/c1-4-18-5-7-19(8-6-18)12-14(2)11-17-16(21)20-9-10-22-15(3)13-20/h14-15H,4-13H2,1-3H3,(H,17,21)/t14-,15+/m1/s1. The van der Waals surface area contributed by atoms with Crippen molar-refractivity contribution in [2.45, 2.75) is 26.9 Å². The largest absolute Gasteiger partial charge is 0.375 e. The molecule has 0 aromatic rings. The summed E-state index contributed by atoms with van der Waals surface area (Å²) in [7, 11) is 0. The summed E-state index contributed by atoms with van der Waals surface area (Å²) in [4.78, 5) is 19.0. The van der Waals surface area contributed by atoms with Gasteiger partial charge in [-0.25, -0.2) is 4.79 Å². The number of nitrogens with zero attached hydrogens (tertiary/aromatic N) is 3. The van der Waals surface area contributed by atoms with Gasteiger partial charge in [0.25, 0.3) is 0 Å². The van der Waals surface area contributed by atoms with Crippen molar-refractivity contribution in [1.29, 1.82) is 0 Å². The second-order valence-corrected chi connectivity index (χ2v) is 6.65. The van der Waals surface area contributed by atoms with Gasteiger partial charge in [-0.2, -0.15) is 0 Å². The van der Waals surface area contributed by atoms with Crippen molar-refractivity contribution in [3.63, 3.8) is 0 Å². The molecule has 2 amide bonds. The molecule has 6 nitrogen and oxygen atoms in total. The fourth-order valence-corrected chi connectivity index (χ4v) is 3.17. The summed E-state index contributed by atoms with van der Waals surface area (Å²) >= 11 is 0. The number of piperazine rings is 1. The molecule has 2 heterocycles. The molecule has 22 heavy (non-hydrogen) atoms. The molecule has 2 aliphatic heterocycles. The van der Waals surface area contributed by atoms with Crippen LogP contribution in [0.3, 0.4) is 0 Å². The molecule has 0 saturated carbocycles. The third-order valence-corrected chi connectivity index (χ3v) is 4.61. The predicted molar refractivity (Wildman–Crippen MR) is 88.1 cm³/mol. The second-order valence-electron chi connectivity index (χ2n) is 6.65. The highest BCUT2D eigenvalue weighted by atomic mass is 16.5. The van der Waals surface area contributed by atoms with E-state index in [0.29, 0.717) is 25.6 Å². The molecule has 0 unspecified atom stereocenters. The Balaban J connectivity index is 1.63. The Morgan fingerprint density at radius 1 is 1.23 bits per heavy atom.